The molecular formula is C11H13O5. The highest BCUT2D eigenvalue weighted by atomic mass is 16.4. The number of hydrogen-bond donors (Lipinski definition) is 2. The first-order valence-corrected chi connectivity index (χ1v) is 4.38. The van der Waals surface area contributed by atoms with E-state index in [1.54, 1.807) is 0 Å². The predicted molar refractivity (Wildman–Crippen MR) is 56.3 cm³/mol. The van der Waals surface area contributed by atoms with E-state index in [0.29, 0.717) is 0 Å². The Morgan fingerprint density at radius 1 is 1.25 bits per heavy atom. The third-order valence-corrected chi connectivity index (χ3v) is 1.95. The lowest BCUT2D eigenvalue weighted by Crippen LogP contribution is -2.55. The first kappa shape index (κ1) is 14.4. The van der Waals surface area contributed by atoms with Gasteiger partial charge in [0.05, 0.1) is 0 Å². The molecule has 2 atom stereocenters. The summed E-state index contributed by atoms with van der Waals surface area (Å²) in [5.74, 6) is -2.15. The highest BCUT2D eigenvalue weighted by Crippen LogP contribution is 2.17. The standard InChI is InChI=1S/C11H13O5/c1-6(2)8(13)10(15)11(16,5-12)9(14)7(3)4/h10,15-16H,1,3H2,2,4H3. The monoisotopic (exact) mass is 225 g/mol. The van der Waals surface area contributed by atoms with E-state index in [1.807, 2.05) is 0 Å². The molecule has 0 bridgehead atoms. The van der Waals surface area contributed by atoms with Gasteiger partial charge in [0.2, 0.25) is 17.7 Å². The summed E-state index contributed by atoms with van der Waals surface area (Å²) in [7, 11) is 0. The van der Waals surface area contributed by atoms with Gasteiger partial charge in [-0.2, -0.15) is 0 Å². The lowest BCUT2D eigenvalue weighted by atomic mass is 9.86. The molecule has 0 spiro atoms. The van der Waals surface area contributed by atoms with Crippen LogP contribution in [0.5, 0.6) is 0 Å². The number of rotatable bonds is 6. The van der Waals surface area contributed by atoms with Crippen LogP contribution in [0, 0.1) is 0 Å². The third kappa shape index (κ3) is 2.50. The number of aliphatic hydroxyl groups excluding tert-OH is 1. The first-order valence-electron chi connectivity index (χ1n) is 4.38. The van der Waals surface area contributed by atoms with Crippen LogP contribution in [-0.4, -0.2) is 39.8 Å². The predicted octanol–water partition coefficient (Wildman–Crippen LogP) is -0.522. The van der Waals surface area contributed by atoms with E-state index in [0.717, 1.165) is 6.29 Å². The van der Waals surface area contributed by atoms with Crippen molar-refractivity contribution in [1.82, 2.24) is 0 Å². The zero-order valence-electron chi connectivity index (χ0n) is 9.11. The molecule has 0 aromatic carbocycles. The SMILES string of the molecule is C=C(C)C(=O)C(O)C(O)([C]=O)C(=O)C(=C)C. The molecule has 2 unspecified atom stereocenters. The molecule has 0 amide bonds. The van der Waals surface area contributed by atoms with Crippen LogP contribution in [0.25, 0.3) is 0 Å². The maximum absolute atomic E-state index is 11.4. The Morgan fingerprint density at radius 2 is 1.69 bits per heavy atom. The topological polar surface area (TPSA) is 91.7 Å². The van der Waals surface area contributed by atoms with Crippen LogP contribution < -0.4 is 0 Å². The van der Waals surface area contributed by atoms with E-state index in [4.69, 9.17) is 0 Å². The molecule has 0 aromatic heterocycles. The molecule has 0 rings (SSSR count). The molecule has 0 fully saturated rings. The average Bonchev–Trinajstić information content (AvgIpc) is 2.24. The fourth-order valence-corrected chi connectivity index (χ4v) is 0.975. The summed E-state index contributed by atoms with van der Waals surface area (Å²) in [6, 6.07) is 0. The summed E-state index contributed by atoms with van der Waals surface area (Å²) in [4.78, 5) is 33.3. The fraction of sp³-hybridized carbons (Fsp3) is 0.364. The minimum Gasteiger partial charge on any atom is -0.381 e. The van der Waals surface area contributed by atoms with Crippen molar-refractivity contribution in [2.75, 3.05) is 0 Å². The number of ketones is 2. The Labute approximate surface area is 93.1 Å². The van der Waals surface area contributed by atoms with Crippen molar-refractivity contribution in [3.05, 3.63) is 24.3 Å². The van der Waals surface area contributed by atoms with Gasteiger partial charge in [-0.3, -0.25) is 14.4 Å². The Morgan fingerprint density at radius 3 is 1.94 bits per heavy atom. The second-order valence-electron chi connectivity index (χ2n) is 3.53. The molecule has 0 saturated heterocycles. The van der Waals surface area contributed by atoms with Crippen LogP contribution in [0.15, 0.2) is 24.3 Å². The molecule has 0 saturated carbocycles. The van der Waals surface area contributed by atoms with Gasteiger partial charge in [-0.25, -0.2) is 0 Å². The van der Waals surface area contributed by atoms with Crippen LogP contribution in [0.2, 0.25) is 0 Å². The normalized spacial score (nSPS) is 15.8. The van der Waals surface area contributed by atoms with Crippen molar-refractivity contribution < 1.29 is 24.6 Å². The Balaban J connectivity index is 5.34. The summed E-state index contributed by atoms with van der Waals surface area (Å²) >= 11 is 0. The second-order valence-corrected chi connectivity index (χ2v) is 3.53. The maximum atomic E-state index is 11.4. The number of carbonyl (C=O) groups excluding carboxylic acids is 3. The maximum Gasteiger partial charge on any atom is 0.244 e. The minimum atomic E-state index is -2.91. The number of Topliss-reactive ketones (excluding diaryl/α,β-unsaturated/α-hetero) is 2. The molecule has 5 nitrogen and oxygen atoms in total. The molecule has 0 aromatic rings. The summed E-state index contributed by atoms with van der Waals surface area (Å²) in [6.45, 7) is 8.98. The van der Waals surface area contributed by atoms with Crippen molar-refractivity contribution >= 4 is 17.9 Å². The zero-order valence-corrected chi connectivity index (χ0v) is 9.11. The Hall–Kier alpha value is -1.59. The molecule has 16 heavy (non-hydrogen) atoms. The highest BCUT2D eigenvalue weighted by molar-refractivity contribution is 6.16. The molecule has 0 heterocycles. The van der Waals surface area contributed by atoms with E-state index in [-0.39, 0.29) is 11.1 Å². The van der Waals surface area contributed by atoms with Crippen molar-refractivity contribution in [2.45, 2.75) is 25.6 Å². The minimum absolute atomic E-state index is 0.0873. The van der Waals surface area contributed by atoms with Gasteiger partial charge in [-0.15, -0.1) is 0 Å². The van der Waals surface area contributed by atoms with E-state index in [2.05, 4.69) is 13.2 Å². The van der Waals surface area contributed by atoms with Gasteiger partial charge in [0.15, 0.2) is 11.9 Å². The third-order valence-electron chi connectivity index (χ3n) is 1.95. The summed E-state index contributed by atoms with van der Waals surface area (Å²) < 4.78 is 0. The summed E-state index contributed by atoms with van der Waals surface area (Å²) in [6.07, 6.45) is -1.24. The molecule has 0 aliphatic rings. The van der Waals surface area contributed by atoms with Crippen molar-refractivity contribution in [1.29, 1.82) is 0 Å². The largest absolute Gasteiger partial charge is 0.381 e. The number of hydrogen-bond acceptors (Lipinski definition) is 5. The lowest BCUT2D eigenvalue weighted by Gasteiger charge is -2.24. The second kappa shape index (κ2) is 4.96. The fourth-order valence-electron chi connectivity index (χ4n) is 0.975. The lowest BCUT2D eigenvalue weighted by molar-refractivity contribution is -0.145. The van der Waals surface area contributed by atoms with Gasteiger partial charge in [0.25, 0.3) is 0 Å². The number of aliphatic hydroxyl groups is 2. The number of carbonyl (C=O) groups is 2. The molecule has 5 heteroatoms. The van der Waals surface area contributed by atoms with E-state index >= 15 is 0 Å². The average molecular weight is 225 g/mol. The van der Waals surface area contributed by atoms with Crippen molar-refractivity contribution in [2.24, 2.45) is 0 Å². The van der Waals surface area contributed by atoms with Crippen LogP contribution in [0.1, 0.15) is 13.8 Å². The molecule has 2 N–H and O–H groups in total. The molecule has 0 aliphatic heterocycles. The first-order chi connectivity index (χ1) is 7.18. The van der Waals surface area contributed by atoms with Crippen LogP contribution in [-0.2, 0) is 14.4 Å². The molecule has 87 valence electrons. The van der Waals surface area contributed by atoms with Crippen LogP contribution >= 0.6 is 0 Å². The summed E-state index contributed by atoms with van der Waals surface area (Å²) in [5.41, 5.74) is -3.17. The smallest absolute Gasteiger partial charge is 0.244 e. The molecule has 0 aliphatic carbocycles. The van der Waals surface area contributed by atoms with Gasteiger partial charge < -0.3 is 10.2 Å². The van der Waals surface area contributed by atoms with Crippen molar-refractivity contribution in [3.8, 4) is 0 Å². The van der Waals surface area contributed by atoms with Crippen molar-refractivity contribution in [3.63, 3.8) is 0 Å². The van der Waals surface area contributed by atoms with Gasteiger partial charge in [-0.1, -0.05) is 13.2 Å². The quantitative estimate of drug-likeness (QED) is 0.468. The van der Waals surface area contributed by atoms with Crippen LogP contribution in [0.4, 0.5) is 0 Å². The highest BCUT2D eigenvalue weighted by Gasteiger charge is 2.48. The van der Waals surface area contributed by atoms with E-state index < -0.39 is 23.3 Å². The zero-order chi connectivity index (χ0) is 13.1. The van der Waals surface area contributed by atoms with Gasteiger partial charge in [0.1, 0.15) is 0 Å². The summed E-state index contributed by atoms with van der Waals surface area (Å²) in [5, 5.41) is 19.0. The molecule has 1 radical (unpaired) electrons. The van der Waals surface area contributed by atoms with Gasteiger partial charge in [-0.05, 0) is 25.0 Å². The van der Waals surface area contributed by atoms with Gasteiger partial charge in [0, 0.05) is 0 Å². The Kier molecular flexibility index (Phi) is 4.47. The molecular weight excluding hydrogens is 212 g/mol. The Bertz CT molecular complexity index is 369. The van der Waals surface area contributed by atoms with Crippen LogP contribution in [0.3, 0.4) is 0 Å². The van der Waals surface area contributed by atoms with E-state index in [9.17, 15) is 24.6 Å². The van der Waals surface area contributed by atoms with E-state index in [1.165, 1.54) is 13.8 Å². The van der Waals surface area contributed by atoms with Gasteiger partial charge >= 0.3 is 0 Å².